The Labute approximate surface area is 317 Å². The molecular weight excluding hydrogens is 671 g/mol. The number of rotatable bonds is 5. The molecule has 0 fully saturated rings. The molecule has 256 valence electrons. The van der Waals surface area contributed by atoms with E-state index >= 15 is 0 Å². The van der Waals surface area contributed by atoms with Crippen LogP contribution in [-0.4, -0.2) is 15.0 Å². The summed E-state index contributed by atoms with van der Waals surface area (Å²) in [5.74, 6) is 0.651. The smallest absolute Gasteiger partial charge is 0.228 e. The topological polar surface area (TPSA) is 51.8 Å². The van der Waals surface area contributed by atoms with Crippen LogP contribution in [0.25, 0.3) is 111 Å². The molecule has 0 aliphatic carbocycles. The lowest BCUT2D eigenvalue weighted by atomic mass is 9.96. The average molecular weight is 702 g/mol. The average Bonchev–Trinajstić information content (AvgIpc) is 3.65. The van der Waals surface area contributed by atoms with Gasteiger partial charge in [0.15, 0.2) is 5.82 Å². The van der Waals surface area contributed by atoms with Crippen LogP contribution in [0.1, 0.15) is 0 Å². The molecule has 55 heavy (non-hydrogen) atoms. The Balaban J connectivity index is 1.01. The lowest BCUT2D eigenvalue weighted by molar-refractivity contribution is 0.655. The van der Waals surface area contributed by atoms with Crippen LogP contribution in [0.3, 0.4) is 0 Å². The van der Waals surface area contributed by atoms with Crippen molar-refractivity contribution in [1.29, 1.82) is 0 Å². The van der Waals surface area contributed by atoms with Crippen molar-refractivity contribution in [3.05, 3.63) is 188 Å². The number of fused-ring (bicyclic) bond motifs is 8. The summed E-state index contributed by atoms with van der Waals surface area (Å²) in [7, 11) is 0. The number of hydrogen-bond acceptors (Lipinski definition) is 4. The van der Waals surface area contributed by atoms with E-state index in [9.17, 15) is 0 Å². The molecule has 0 saturated carbocycles. The minimum Gasteiger partial charge on any atom is -0.438 e. The SMILES string of the molecule is c1ccc(-c2cc(-c3ccc(-c4ccc5c(ccc6ccccc65)c4)cc3)nc(-c3cccc(-c4nc5oc6ccccc6c5c5ccccc45)c3)n2)cc1. The van der Waals surface area contributed by atoms with E-state index in [2.05, 4.69) is 152 Å². The van der Waals surface area contributed by atoms with Crippen LogP contribution in [0, 0.1) is 0 Å². The van der Waals surface area contributed by atoms with E-state index in [-0.39, 0.29) is 0 Å². The second-order valence-electron chi connectivity index (χ2n) is 14.0. The minimum absolute atomic E-state index is 0.630. The molecule has 4 heteroatoms. The zero-order valence-electron chi connectivity index (χ0n) is 29.6. The third-order valence-corrected chi connectivity index (χ3v) is 10.7. The summed E-state index contributed by atoms with van der Waals surface area (Å²) < 4.78 is 6.30. The first kappa shape index (κ1) is 31.1. The molecule has 11 aromatic rings. The highest BCUT2D eigenvalue weighted by Gasteiger charge is 2.18. The molecule has 0 spiro atoms. The zero-order valence-corrected chi connectivity index (χ0v) is 29.6. The molecular formula is C51H31N3O. The first-order valence-corrected chi connectivity index (χ1v) is 18.5. The fourth-order valence-electron chi connectivity index (χ4n) is 7.97. The predicted molar refractivity (Wildman–Crippen MR) is 227 cm³/mol. The molecule has 0 atom stereocenters. The first-order chi connectivity index (χ1) is 27.2. The van der Waals surface area contributed by atoms with Crippen LogP contribution in [-0.2, 0) is 0 Å². The second kappa shape index (κ2) is 12.6. The zero-order chi connectivity index (χ0) is 36.3. The van der Waals surface area contributed by atoms with E-state index in [1.54, 1.807) is 0 Å². The summed E-state index contributed by atoms with van der Waals surface area (Å²) in [6, 6.07) is 65.8. The summed E-state index contributed by atoms with van der Waals surface area (Å²) in [6.07, 6.45) is 0. The van der Waals surface area contributed by atoms with E-state index in [4.69, 9.17) is 19.4 Å². The normalized spacial score (nSPS) is 11.6. The van der Waals surface area contributed by atoms with Gasteiger partial charge in [0.05, 0.1) is 22.5 Å². The molecule has 0 N–H and O–H groups in total. The Bertz CT molecular complexity index is 3260. The van der Waals surface area contributed by atoms with E-state index in [1.807, 2.05) is 36.4 Å². The van der Waals surface area contributed by atoms with Crippen molar-refractivity contribution in [2.24, 2.45) is 0 Å². The molecule has 0 unspecified atom stereocenters. The molecule has 0 aliphatic rings. The van der Waals surface area contributed by atoms with Gasteiger partial charge in [0.25, 0.3) is 0 Å². The Morgan fingerprint density at radius 1 is 0.327 bits per heavy atom. The molecule has 0 bridgehead atoms. The van der Waals surface area contributed by atoms with Crippen molar-refractivity contribution in [2.45, 2.75) is 0 Å². The lowest BCUT2D eigenvalue weighted by Gasteiger charge is -2.12. The molecule has 0 aliphatic heterocycles. The third kappa shape index (κ3) is 5.34. The molecule has 0 amide bonds. The summed E-state index contributed by atoms with van der Waals surface area (Å²) >= 11 is 0. The van der Waals surface area contributed by atoms with Crippen molar-refractivity contribution < 1.29 is 4.42 Å². The lowest BCUT2D eigenvalue weighted by Crippen LogP contribution is -1.96. The number of aromatic nitrogens is 3. The van der Waals surface area contributed by atoms with Crippen molar-refractivity contribution in [2.75, 3.05) is 0 Å². The molecule has 4 nitrogen and oxygen atoms in total. The number of hydrogen-bond donors (Lipinski definition) is 0. The minimum atomic E-state index is 0.630. The Hall–Kier alpha value is -7.43. The molecule has 3 aromatic heterocycles. The summed E-state index contributed by atoms with van der Waals surface area (Å²) in [4.78, 5) is 15.5. The number of pyridine rings is 1. The van der Waals surface area contributed by atoms with Crippen LogP contribution in [0.4, 0.5) is 0 Å². The highest BCUT2D eigenvalue weighted by molar-refractivity contribution is 6.20. The number of furan rings is 1. The van der Waals surface area contributed by atoms with E-state index in [0.717, 1.165) is 72.0 Å². The fourth-order valence-corrected chi connectivity index (χ4v) is 7.97. The monoisotopic (exact) mass is 701 g/mol. The Kier molecular flexibility index (Phi) is 7.14. The number of nitrogens with zero attached hydrogens (tertiary/aromatic N) is 3. The van der Waals surface area contributed by atoms with Gasteiger partial charge in [-0.1, -0.05) is 164 Å². The van der Waals surface area contributed by atoms with Crippen molar-refractivity contribution in [1.82, 2.24) is 15.0 Å². The van der Waals surface area contributed by atoms with E-state index in [1.165, 1.54) is 27.1 Å². The van der Waals surface area contributed by atoms with Gasteiger partial charge in [-0.15, -0.1) is 0 Å². The van der Waals surface area contributed by atoms with E-state index < -0.39 is 0 Å². The first-order valence-electron chi connectivity index (χ1n) is 18.5. The van der Waals surface area contributed by atoms with Gasteiger partial charge in [0, 0.05) is 33.0 Å². The summed E-state index contributed by atoms with van der Waals surface area (Å²) in [5.41, 5.74) is 10.3. The van der Waals surface area contributed by atoms with Crippen LogP contribution >= 0.6 is 0 Å². The second-order valence-corrected chi connectivity index (χ2v) is 14.0. The van der Waals surface area contributed by atoms with Crippen LogP contribution in [0.5, 0.6) is 0 Å². The highest BCUT2D eigenvalue weighted by atomic mass is 16.3. The van der Waals surface area contributed by atoms with Gasteiger partial charge in [-0.3, -0.25) is 0 Å². The third-order valence-electron chi connectivity index (χ3n) is 10.7. The van der Waals surface area contributed by atoms with Crippen LogP contribution in [0.2, 0.25) is 0 Å². The van der Waals surface area contributed by atoms with Gasteiger partial charge in [0.2, 0.25) is 5.71 Å². The molecule has 11 rings (SSSR count). The highest BCUT2D eigenvalue weighted by Crippen LogP contribution is 2.39. The molecule has 0 radical (unpaired) electrons. The van der Waals surface area contributed by atoms with Crippen molar-refractivity contribution in [3.63, 3.8) is 0 Å². The summed E-state index contributed by atoms with van der Waals surface area (Å²) in [6.45, 7) is 0. The van der Waals surface area contributed by atoms with Crippen LogP contribution < -0.4 is 0 Å². The summed E-state index contributed by atoms with van der Waals surface area (Å²) in [5, 5.41) is 9.32. The van der Waals surface area contributed by atoms with Crippen LogP contribution in [0.15, 0.2) is 192 Å². The fraction of sp³-hybridized carbons (Fsp3) is 0. The quantitative estimate of drug-likeness (QED) is 0.168. The Morgan fingerprint density at radius 2 is 0.927 bits per heavy atom. The van der Waals surface area contributed by atoms with Gasteiger partial charge >= 0.3 is 0 Å². The van der Waals surface area contributed by atoms with Gasteiger partial charge < -0.3 is 4.42 Å². The van der Waals surface area contributed by atoms with Gasteiger partial charge in [-0.05, 0) is 62.3 Å². The maximum absolute atomic E-state index is 6.30. The predicted octanol–water partition coefficient (Wildman–Crippen LogP) is 13.6. The maximum atomic E-state index is 6.30. The molecule has 3 heterocycles. The molecule has 0 saturated heterocycles. The van der Waals surface area contributed by atoms with Gasteiger partial charge in [-0.2, -0.15) is 0 Å². The molecule has 8 aromatic carbocycles. The standard InChI is InChI=1S/C51H31N3O/c1-2-12-34(13-3-1)45-31-46(35-24-21-32(22-25-35)36-27-28-41-37(29-36)26-23-33-11-4-5-16-40(33)41)53-50(52-45)39-15-10-14-38(30-39)49-43-18-7-6-17-42(43)48-44-19-8-9-20-47(44)55-51(48)54-49/h1-31H. The van der Waals surface area contributed by atoms with E-state index in [0.29, 0.717) is 11.5 Å². The largest absolute Gasteiger partial charge is 0.438 e. The Morgan fingerprint density at radius 3 is 1.76 bits per heavy atom. The van der Waals surface area contributed by atoms with Gasteiger partial charge in [-0.25, -0.2) is 15.0 Å². The number of para-hydroxylation sites is 1. The maximum Gasteiger partial charge on any atom is 0.228 e. The van der Waals surface area contributed by atoms with Crippen molar-refractivity contribution in [3.8, 4) is 56.3 Å². The number of benzene rings is 8. The van der Waals surface area contributed by atoms with Crippen molar-refractivity contribution >= 4 is 54.4 Å². The van der Waals surface area contributed by atoms with Gasteiger partial charge in [0.1, 0.15) is 5.58 Å².